The summed E-state index contributed by atoms with van der Waals surface area (Å²) in [5.74, 6) is 0.762. The van der Waals surface area contributed by atoms with E-state index in [0.717, 1.165) is 0 Å². The van der Waals surface area contributed by atoms with Crippen LogP contribution in [0.25, 0.3) is 22.8 Å². The van der Waals surface area contributed by atoms with E-state index in [-0.39, 0.29) is 31.0 Å². The molecule has 21 heavy (non-hydrogen) atoms. The largest absolute Gasteiger partial charge is 1.00 e. The van der Waals surface area contributed by atoms with Crippen LogP contribution in [0.3, 0.4) is 0 Å². The molecule has 2 aromatic carbocycles. The van der Waals surface area contributed by atoms with Crippen LogP contribution in [0.15, 0.2) is 48.5 Å². The average molecular weight is 327 g/mol. The molecule has 1 aromatic heterocycles. The number of hydrogen-bond donors (Lipinski definition) is 0. The molecule has 1 heterocycles. The molecule has 0 N–H and O–H groups in total. The van der Waals surface area contributed by atoms with Crippen molar-refractivity contribution in [3.63, 3.8) is 0 Å². The van der Waals surface area contributed by atoms with Crippen LogP contribution in [0.2, 0.25) is 10.0 Å². The van der Waals surface area contributed by atoms with Crippen LogP contribution in [-0.2, 0) is 0 Å². The summed E-state index contributed by atoms with van der Waals surface area (Å²) in [5, 5.41) is 17.4. The first kappa shape index (κ1) is 16.3. The topological polar surface area (TPSA) is 51.6 Å². The maximum atomic E-state index is 6.08. The summed E-state index contributed by atoms with van der Waals surface area (Å²) in [6, 6.07) is 14.5. The van der Waals surface area contributed by atoms with Crippen molar-refractivity contribution in [3.8, 4) is 22.8 Å². The third-order valence-corrected chi connectivity index (χ3v) is 3.37. The predicted molar refractivity (Wildman–Crippen MR) is 79.6 cm³/mol. The van der Waals surface area contributed by atoms with Gasteiger partial charge in [0.05, 0.1) is 10.0 Å². The molecule has 100 valence electrons. The number of nitrogens with zero attached hydrogens (tertiary/aromatic N) is 4. The molecule has 4 nitrogen and oxygen atoms in total. The van der Waals surface area contributed by atoms with E-state index in [1.54, 1.807) is 12.1 Å². The molecule has 0 amide bonds. The van der Waals surface area contributed by atoms with Crippen LogP contribution in [0, 0.1) is 0 Å². The van der Waals surface area contributed by atoms with Crippen molar-refractivity contribution in [2.24, 2.45) is 0 Å². The van der Waals surface area contributed by atoms with Crippen LogP contribution in [-0.4, -0.2) is 20.4 Å². The van der Waals surface area contributed by atoms with Gasteiger partial charge in [-0.05, 0) is 24.3 Å². The minimum Gasteiger partial charge on any atom is -1.00 e. The Morgan fingerprint density at radius 3 is 1.29 bits per heavy atom. The molecule has 0 bridgehead atoms. The Morgan fingerprint density at radius 1 is 0.619 bits per heavy atom. The van der Waals surface area contributed by atoms with Gasteiger partial charge >= 0.3 is 29.6 Å². The van der Waals surface area contributed by atoms with E-state index < -0.39 is 0 Å². The third-order valence-electron chi connectivity index (χ3n) is 2.71. The Morgan fingerprint density at radius 2 is 0.952 bits per heavy atom. The van der Waals surface area contributed by atoms with Gasteiger partial charge in [0, 0.05) is 11.1 Å². The molecule has 3 aromatic rings. The van der Waals surface area contributed by atoms with Crippen molar-refractivity contribution in [1.29, 1.82) is 0 Å². The molecule has 0 fully saturated rings. The molecule has 0 aliphatic carbocycles. The molecule has 0 spiro atoms. The Kier molecular flexibility index (Phi) is 5.67. The van der Waals surface area contributed by atoms with Crippen molar-refractivity contribution in [3.05, 3.63) is 58.6 Å². The van der Waals surface area contributed by atoms with Crippen molar-refractivity contribution >= 4 is 23.2 Å². The van der Waals surface area contributed by atoms with Gasteiger partial charge in [0.2, 0.25) is 11.6 Å². The van der Waals surface area contributed by atoms with E-state index in [0.29, 0.717) is 32.8 Å². The summed E-state index contributed by atoms with van der Waals surface area (Å²) in [6.45, 7) is 0. The summed E-state index contributed by atoms with van der Waals surface area (Å²) >= 11 is 12.2. The van der Waals surface area contributed by atoms with Gasteiger partial charge in [-0.3, -0.25) is 0 Å². The van der Waals surface area contributed by atoms with Gasteiger partial charge in [-0.25, -0.2) is 0 Å². The second-order valence-electron chi connectivity index (χ2n) is 4.01. The molecule has 0 unspecified atom stereocenters. The van der Waals surface area contributed by atoms with E-state index in [4.69, 9.17) is 23.2 Å². The van der Waals surface area contributed by atoms with Gasteiger partial charge < -0.3 is 1.43 Å². The first-order valence-corrected chi connectivity index (χ1v) is 6.58. The van der Waals surface area contributed by atoms with E-state index in [1.807, 2.05) is 36.4 Å². The first-order chi connectivity index (χ1) is 9.75. The van der Waals surface area contributed by atoms with Crippen LogP contribution in [0.4, 0.5) is 0 Å². The summed E-state index contributed by atoms with van der Waals surface area (Å²) in [6.07, 6.45) is 0. The molecule has 0 saturated heterocycles. The molecule has 3 rings (SSSR count). The fraction of sp³-hybridized carbons (Fsp3) is 0. The minimum atomic E-state index is 0. The summed E-state index contributed by atoms with van der Waals surface area (Å²) < 4.78 is 0. The predicted octanol–water partition coefficient (Wildman–Crippen LogP) is 1.02. The van der Waals surface area contributed by atoms with Crippen LogP contribution in [0.5, 0.6) is 0 Å². The quantitative estimate of drug-likeness (QED) is 0.660. The van der Waals surface area contributed by atoms with E-state index >= 15 is 0 Å². The van der Waals surface area contributed by atoms with Crippen molar-refractivity contribution < 1.29 is 31.0 Å². The Hall–Kier alpha value is -1.04. The van der Waals surface area contributed by atoms with Crippen LogP contribution >= 0.6 is 23.2 Å². The Balaban J connectivity index is 0.00000121. The molecular weight excluding hydrogens is 318 g/mol. The monoisotopic (exact) mass is 326 g/mol. The van der Waals surface area contributed by atoms with E-state index in [2.05, 4.69) is 20.4 Å². The van der Waals surface area contributed by atoms with E-state index in [1.165, 1.54) is 0 Å². The number of hydrogen-bond acceptors (Lipinski definition) is 4. The Labute approximate surface area is 155 Å². The van der Waals surface area contributed by atoms with Gasteiger partial charge in [-0.1, -0.05) is 47.5 Å². The molecule has 0 atom stereocenters. The third kappa shape index (κ3) is 3.59. The zero-order valence-electron chi connectivity index (χ0n) is 12.2. The second-order valence-corrected chi connectivity index (χ2v) is 4.82. The number of rotatable bonds is 2. The molecule has 0 aliphatic rings. The number of benzene rings is 2. The van der Waals surface area contributed by atoms with Gasteiger partial charge in [-0.2, -0.15) is 0 Å². The van der Waals surface area contributed by atoms with Crippen LogP contribution in [0.1, 0.15) is 1.43 Å². The fourth-order valence-corrected chi connectivity index (χ4v) is 2.17. The summed E-state index contributed by atoms with van der Waals surface area (Å²) in [5.41, 5.74) is 1.39. The molecule has 0 radical (unpaired) electrons. The zero-order chi connectivity index (χ0) is 13.9. The standard InChI is InChI=1S/C14H8Cl2N4.Na.H/c15-11-7-3-1-5-9(11)13-17-19-14(20-18-13)10-6-2-4-8-12(10)16;;/h1-8H;;/q;+1;-1. The molecule has 0 saturated carbocycles. The van der Waals surface area contributed by atoms with Gasteiger partial charge in [-0.15, -0.1) is 20.4 Å². The molecular formula is C14H9Cl2N4Na. The van der Waals surface area contributed by atoms with Crippen LogP contribution < -0.4 is 29.6 Å². The number of aromatic nitrogens is 4. The first-order valence-electron chi connectivity index (χ1n) is 5.83. The summed E-state index contributed by atoms with van der Waals surface area (Å²) in [4.78, 5) is 0. The van der Waals surface area contributed by atoms with Gasteiger partial charge in [0.25, 0.3) is 0 Å². The minimum absolute atomic E-state index is 0. The molecule has 7 heteroatoms. The van der Waals surface area contributed by atoms with Gasteiger partial charge in [0.1, 0.15) is 0 Å². The SMILES string of the molecule is Clc1ccccc1-c1nnc(-c2ccccc2Cl)nn1.[H-].[Na+]. The maximum Gasteiger partial charge on any atom is 1.00 e. The maximum absolute atomic E-state index is 6.08. The fourth-order valence-electron chi connectivity index (χ4n) is 1.73. The summed E-state index contributed by atoms with van der Waals surface area (Å²) in [7, 11) is 0. The van der Waals surface area contributed by atoms with Crippen molar-refractivity contribution in [2.45, 2.75) is 0 Å². The zero-order valence-corrected chi connectivity index (χ0v) is 14.7. The smallest absolute Gasteiger partial charge is 1.00 e. The normalized spacial score (nSPS) is 10.0. The second kappa shape index (κ2) is 7.29. The van der Waals surface area contributed by atoms with Crippen molar-refractivity contribution in [1.82, 2.24) is 20.4 Å². The number of halogens is 2. The van der Waals surface area contributed by atoms with E-state index in [9.17, 15) is 0 Å². The average Bonchev–Trinajstić information content (AvgIpc) is 2.49. The van der Waals surface area contributed by atoms with Gasteiger partial charge in [0.15, 0.2) is 0 Å². The molecule has 0 aliphatic heterocycles. The Bertz CT molecular complexity index is 691. The van der Waals surface area contributed by atoms with Crippen molar-refractivity contribution in [2.75, 3.05) is 0 Å².